The van der Waals surface area contributed by atoms with E-state index in [0.717, 1.165) is 12.2 Å². The van der Waals surface area contributed by atoms with E-state index in [-0.39, 0.29) is 11.2 Å². The van der Waals surface area contributed by atoms with Crippen LogP contribution in [0.4, 0.5) is 0 Å². The lowest BCUT2D eigenvalue weighted by molar-refractivity contribution is -0.113. The molecule has 1 heterocycles. The van der Waals surface area contributed by atoms with Crippen molar-refractivity contribution in [3.05, 3.63) is 11.8 Å². The molecule has 0 aliphatic carbocycles. The molecule has 0 spiro atoms. The summed E-state index contributed by atoms with van der Waals surface area (Å²) in [4.78, 5) is 11.0. The van der Waals surface area contributed by atoms with Crippen LogP contribution in [0.5, 0.6) is 0 Å². The summed E-state index contributed by atoms with van der Waals surface area (Å²) in [7, 11) is 0. The van der Waals surface area contributed by atoms with Crippen LogP contribution in [0.2, 0.25) is 0 Å². The SMILES string of the molecule is CC(=O)C1=CC(C(C)(C)C)CN1. The fourth-order valence-electron chi connectivity index (χ4n) is 1.34. The molecule has 0 saturated heterocycles. The van der Waals surface area contributed by atoms with Crippen LogP contribution in [0.15, 0.2) is 11.8 Å². The molecule has 2 nitrogen and oxygen atoms in total. The van der Waals surface area contributed by atoms with E-state index in [1.807, 2.05) is 0 Å². The topological polar surface area (TPSA) is 29.1 Å². The van der Waals surface area contributed by atoms with E-state index in [0.29, 0.717) is 5.92 Å². The zero-order chi connectivity index (χ0) is 9.35. The van der Waals surface area contributed by atoms with Gasteiger partial charge in [0.15, 0.2) is 5.78 Å². The summed E-state index contributed by atoms with van der Waals surface area (Å²) in [6.45, 7) is 9.08. The van der Waals surface area contributed by atoms with E-state index in [2.05, 4.69) is 32.2 Å². The fourth-order valence-corrected chi connectivity index (χ4v) is 1.34. The van der Waals surface area contributed by atoms with Crippen molar-refractivity contribution in [3.8, 4) is 0 Å². The van der Waals surface area contributed by atoms with Gasteiger partial charge in [0, 0.05) is 19.4 Å². The predicted molar refractivity (Wildman–Crippen MR) is 49.7 cm³/mol. The first-order chi connectivity index (χ1) is 5.41. The van der Waals surface area contributed by atoms with Crippen molar-refractivity contribution in [1.82, 2.24) is 5.32 Å². The minimum absolute atomic E-state index is 0.141. The van der Waals surface area contributed by atoms with Crippen LogP contribution >= 0.6 is 0 Å². The van der Waals surface area contributed by atoms with E-state index >= 15 is 0 Å². The molecule has 1 atom stereocenters. The lowest BCUT2D eigenvalue weighted by atomic mass is 9.81. The Bertz CT molecular complexity index is 222. The van der Waals surface area contributed by atoms with E-state index < -0.39 is 0 Å². The molecule has 1 N–H and O–H groups in total. The van der Waals surface area contributed by atoms with Gasteiger partial charge in [-0.05, 0) is 5.41 Å². The molecule has 0 aromatic heterocycles. The Morgan fingerprint density at radius 1 is 1.58 bits per heavy atom. The van der Waals surface area contributed by atoms with Crippen LogP contribution in [0, 0.1) is 11.3 Å². The van der Waals surface area contributed by atoms with Crippen LogP contribution in [-0.2, 0) is 4.79 Å². The van der Waals surface area contributed by atoms with Crippen molar-refractivity contribution in [2.24, 2.45) is 11.3 Å². The second-order valence-electron chi connectivity index (χ2n) is 4.49. The Balaban J connectivity index is 2.71. The van der Waals surface area contributed by atoms with Gasteiger partial charge >= 0.3 is 0 Å². The van der Waals surface area contributed by atoms with Crippen molar-refractivity contribution in [3.63, 3.8) is 0 Å². The summed E-state index contributed by atoms with van der Waals surface area (Å²) in [6, 6.07) is 0. The van der Waals surface area contributed by atoms with Crippen molar-refractivity contribution < 1.29 is 4.79 Å². The molecule has 1 aliphatic rings. The molecule has 1 unspecified atom stereocenters. The van der Waals surface area contributed by atoms with Crippen LogP contribution in [0.3, 0.4) is 0 Å². The summed E-state index contributed by atoms with van der Waals surface area (Å²) in [5.41, 5.74) is 1.04. The minimum Gasteiger partial charge on any atom is -0.382 e. The van der Waals surface area contributed by atoms with Gasteiger partial charge < -0.3 is 5.32 Å². The number of rotatable bonds is 1. The van der Waals surface area contributed by atoms with Gasteiger partial charge in [0.25, 0.3) is 0 Å². The maximum absolute atomic E-state index is 11.0. The molecule has 0 radical (unpaired) electrons. The number of carbonyl (C=O) groups is 1. The molecule has 0 amide bonds. The maximum Gasteiger partial charge on any atom is 0.175 e. The molecule has 0 bridgehead atoms. The van der Waals surface area contributed by atoms with Gasteiger partial charge in [-0.1, -0.05) is 26.8 Å². The van der Waals surface area contributed by atoms with E-state index in [9.17, 15) is 4.79 Å². The smallest absolute Gasteiger partial charge is 0.175 e. The van der Waals surface area contributed by atoms with Crippen LogP contribution in [0.25, 0.3) is 0 Å². The van der Waals surface area contributed by atoms with Crippen LogP contribution in [0.1, 0.15) is 27.7 Å². The molecule has 1 rings (SSSR count). The third-order valence-electron chi connectivity index (χ3n) is 2.37. The highest BCUT2D eigenvalue weighted by Gasteiger charge is 2.27. The maximum atomic E-state index is 11.0. The molecule has 0 aromatic rings. The number of carbonyl (C=O) groups excluding carboxylic acids is 1. The van der Waals surface area contributed by atoms with Gasteiger partial charge in [0.1, 0.15) is 0 Å². The number of hydrogen-bond donors (Lipinski definition) is 1. The standard InChI is InChI=1S/C10H17NO/c1-7(12)9-5-8(6-11-9)10(2,3)4/h5,8,11H,6H2,1-4H3. The third-order valence-corrected chi connectivity index (χ3v) is 2.37. The number of nitrogens with one attached hydrogen (secondary N) is 1. The molecule has 68 valence electrons. The first kappa shape index (κ1) is 9.30. The lowest BCUT2D eigenvalue weighted by Crippen LogP contribution is -2.24. The molecule has 0 saturated carbocycles. The Morgan fingerprint density at radius 3 is 2.42 bits per heavy atom. The largest absolute Gasteiger partial charge is 0.382 e. The number of ketones is 1. The third kappa shape index (κ3) is 1.87. The summed E-state index contributed by atoms with van der Waals surface area (Å²) >= 11 is 0. The second-order valence-corrected chi connectivity index (χ2v) is 4.49. The van der Waals surface area contributed by atoms with Crippen molar-refractivity contribution in [2.75, 3.05) is 6.54 Å². The minimum atomic E-state index is 0.141. The number of Topliss-reactive ketones (excluding diaryl/α,β-unsaturated/α-hetero) is 1. The number of hydrogen-bond acceptors (Lipinski definition) is 2. The highest BCUT2D eigenvalue weighted by Crippen LogP contribution is 2.30. The molecule has 2 heteroatoms. The van der Waals surface area contributed by atoms with Crippen molar-refractivity contribution >= 4 is 5.78 Å². The van der Waals surface area contributed by atoms with Crippen LogP contribution in [-0.4, -0.2) is 12.3 Å². The Labute approximate surface area is 74.0 Å². The molecule has 1 aliphatic heterocycles. The first-order valence-electron chi connectivity index (χ1n) is 4.38. The summed E-state index contributed by atoms with van der Waals surface area (Å²) in [6.07, 6.45) is 2.06. The summed E-state index contributed by atoms with van der Waals surface area (Å²) in [5, 5.41) is 3.12. The van der Waals surface area contributed by atoms with Gasteiger partial charge in [-0.2, -0.15) is 0 Å². The molecular formula is C10H17NO. The van der Waals surface area contributed by atoms with E-state index in [1.165, 1.54) is 0 Å². The van der Waals surface area contributed by atoms with Crippen LogP contribution < -0.4 is 5.32 Å². The zero-order valence-corrected chi connectivity index (χ0v) is 8.27. The molecule has 0 fully saturated rings. The molecule has 0 aromatic carbocycles. The highest BCUT2D eigenvalue weighted by molar-refractivity contribution is 5.93. The Hall–Kier alpha value is -0.790. The summed E-state index contributed by atoms with van der Waals surface area (Å²) in [5.74, 6) is 0.623. The van der Waals surface area contributed by atoms with Crippen molar-refractivity contribution in [2.45, 2.75) is 27.7 Å². The monoisotopic (exact) mass is 167 g/mol. The number of allylic oxidation sites excluding steroid dienone is 1. The molecular weight excluding hydrogens is 150 g/mol. The average molecular weight is 167 g/mol. The quantitative estimate of drug-likeness (QED) is 0.644. The highest BCUT2D eigenvalue weighted by atomic mass is 16.1. The molecule has 12 heavy (non-hydrogen) atoms. The normalized spacial score (nSPS) is 23.3. The van der Waals surface area contributed by atoms with Gasteiger partial charge in [-0.15, -0.1) is 0 Å². The van der Waals surface area contributed by atoms with Crippen molar-refractivity contribution in [1.29, 1.82) is 0 Å². The van der Waals surface area contributed by atoms with Gasteiger partial charge in [-0.25, -0.2) is 0 Å². The zero-order valence-electron chi connectivity index (χ0n) is 8.27. The Kier molecular flexibility index (Phi) is 2.27. The second kappa shape index (κ2) is 2.92. The lowest BCUT2D eigenvalue weighted by Gasteiger charge is -2.24. The summed E-state index contributed by atoms with van der Waals surface area (Å²) < 4.78 is 0. The Morgan fingerprint density at radius 2 is 2.17 bits per heavy atom. The fraction of sp³-hybridized carbons (Fsp3) is 0.700. The van der Waals surface area contributed by atoms with E-state index in [4.69, 9.17) is 0 Å². The van der Waals surface area contributed by atoms with E-state index in [1.54, 1.807) is 6.92 Å². The van der Waals surface area contributed by atoms with Gasteiger partial charge in [-0.3, -0.25) is 4.79 Å². The van der Waals surface area contributed by atoms with Gasteiger partial charge in [0.2, 0.25) is 0 Å². The average Bonchev–Trinajstić information content (AvgIpc) is 2.30. The predicted octanol–water partition coefficient (Wildman–Crippen LogP) is 1.72. The first-order valence-corrected chi connectivity index (χ1v) is 4.38. The van der Waals surface area contributed by atoms with Gasteiger partial charge in [0.05, 0.1) is 5.70 Å².